The fraction of sp³-hybridized carbons (Fsp3) is 0.176. The number of rotatable bonds is 6. The quantitative estimate of drug-likeness (QED) is 0.706. The summed E-state index contributed by atoms with van der Waals surface area (Å²) in [4.78, 5) is 9.82. The molecule has 112 valence electrons. The van der Waals surface area contributed by atoms with E-state index < -0.39 is 0 Å². The van der Waals surface area contributed by atoms with Gasteiger partial charge in [0.05, 0.1) is 10.6 Å². The normalized spacial score (nSPS) is 10.8. The van der Waals surface area contributed by atoms with Gasteiger partial charge in [-0.05, 0) is 42.8 Å². The van der Waals surface area contributed by atoms with Gasteiger partial charge in [-0.25, -0.2) is 9.37 Å². The Kier molecular flexibility index (Phi) is 4.88. The Morgan fingerprint density at radius 2 is 1.91 bits per heavy atom. The molecule has 1 aromatic carbocycles. The van der Waals surface area contributed by atoms with E-state index in [4.69, 9.17) is 0 Å². The molecule has 0 radical (unpaired) electrons. The predicted molar refractivity (Wildman–Crippen MR) is 87.2 cm³/mol. The number of benzene rings is 1. The van der Waals surface area contributed by atoms with Crippen molar-refractivity contribution in [1.82, 2.24) is 15.3 Å². The van der Waals surface area contributed by atoms with E-state index in [1.807, 2.05) is 36.5 Å². The molecule has 0 fully saturated rings. The lowest BCUT2D eigenvalue weighted by atomic mass is 10.1. The molecule has 0 aliphatic rings. The SMILES string of the molecule is Fc1ccc(CCNCc2ncc(-c3ccccn3)s2)cc1. The van der Waals surface area contributed by atoms with Crippen LogP contribution in [0.25, 0.3) is 10.6 Å². The van der Waals surface area contributed by atoms with E-state index in [1.165, 1.54) is 12.1 Å². The summed E-state index contributed by atoms with van der Waals surface area (Å²) in [6, 6.07) is 12.5. The molecule has 0 spiro atoms. The molecule has 3 aromatic rings. The first-order chi connectivity index (χ1) is 10.8. The molecule has 3 rings (SSSR count). The van der Waals surface area contributed by atoms with Gasteiger partial charge in [-0.2, -0.15) is 0 Å². The van der Waals surface area contributed by atoms with E-state index in [0.29, 0.717) is 0 Å². The summed E-state index contributed by atoms with van der Waals surface area (Å²) in [5.41, 5.74) is 2.08. The molecule has 0 saturated heterocycles. The number of thiazole rings is 1. The fourth-order valence-corrected chi connectivity index (χ4v) is 2.96. The number of hydrogen-bond donors (Lipinski definition) is 1. The van der Waals surface area contributed by atoms with Crippen LogP contribution in [0.2, 0.25) is 0 Å². The number of hydrogen-bond acceptors (Lipinski definition) is 4. The Balaban J connectivity index is 1.48. The molecule has 5 heteroatoms. The third-order valence-corrected chi connectivity index (χ3v) is 4.27. The first-order valence-electron chi connectivity index (χ1n) is 7.12. The molecular formula is C17H16FN3S. The van der Waals surface area contributed by atoms with Crippen LogP contribution in [0.4, 0.5) is 4.39 Å². The second-order valence-electron chi connectivity index (χ2n) is 4.89. The molecule has 0 saturated carbocycles. The highest BCUT2D eigenvalue weighted by Gasteiger charge is 2.04. The number of nitrogens with one attached hydrogen (secondary N) is 1. The monoisotopic (exact) mass is 313 g/mol. The molecule has 1 N–H and O–H groups in total. The zero-order chi connectivity index (χ0) is 15.2. The van der Waals surface area contributed by atoms with Gasteiger partial charge in [0.2, 0.25) is 0 Å². The molecule has 2 heterocycles. The molecule has 0 aliphatic heterocycles. The average molecular weight is 313 g/mol. The van der Waals surface area contributed by atoms with Crippen molar-refractivity contribution < 1.29 is 4.39 Å². The Hall–Kier alpha value is -2.11. The van der Waals surface area contributed by atoms with Gasteiger partial charge in [0.15, 0.2) is 0 Å². The Labute approximate surface area is 132 Å². The van der Waals surface area contributed by atoms with Crippen LogP contribution in [-0.4, -0.2) is 16.5 Å². The van der Waals surface area contributed by atoms with Crippen LogP contribution in [0.3, 0.4) is 0 Å². The summed E-state index contributed by atoms with van der Waals surface area (Å²) in [5, 5.41) is 4.40. The molecule has 0 atom stereocenters. The van der Waals surface area contributed by atoms with Crippen LogP contribution >= 0.6 is 11.3 Å². The van der Waals surface area contributed by atoms with Crippen LogP contribution in [0, 0.1) is 5.82 Å². The van der Waals surface area contributed by atoms with Gasteiger partial charge in [0.25, 0.3) is 0 Å². The van der Waals surface area contributed by atoms with Crippen molar-refractivity contribution in [2.75, 3.05) is 6.54 Å². The number of halogens is 1. The van der Waals surface area contributed by atoms with E-state index >= 15 is 0 Å². The Morgan fingerprint density at radius 3 is 2.68 bits per heavy atom. The zero-order valence-electron chi connectivity index (χ0n) is 12.0. The minimum atomic E-state index is -0.193. The maximum absolute atomic E-state index is 12.8. The summed E-state index contributed by atoms with van der Waals surface area (Å²) in [5.74, 6) is -0.193. The molecule has 0 bridgehead atoms. The van der Waals surface area contributed by atoms with Crippen molar-refractivity contribution in [3.8, 4) is 10.6 Å². The van der Waals surface area contributed by atoms with E-state index in [9.17, 15) is 4.39 Å². The summed E-state index contributed by atoms with van der Waals surface area (Å²) in [6.45, 7) is 1.57. The second kappa shape index (κ2) is 7.24. The zero-order valence-corrected chi connectivity index (χ0v) is 12.8. The van der Waals surface area contributed by atoms with Crippen molar-refractivity contribution in [2.45, 2.75) is 13.0 Å². The lowest BCUT2D eigenvalue weighted by molar-refractivity contribution is 0.626. The van der Waals surface area contributed by atoms with Crippen molar-refractivity contribution in [2.24, 2.45) is 0 Å². The summed E-state index contributed by atoms with van der Waals surface area (Å²) >= 11 is 1.65. The molecular weight excluding hydrogens is 297 g/mol. The van der Waals surface area contributed by atoms with Gasteiger partial charge in [0.1, 0.15) is 10.8 Å². The van der Waals surface area contributed by atoms with Crippen LogP contribution in [0.15, 0.2) is 54.9 Å². The van der Waals surface area contributed by atoms with E-state index in [1.54, 1.807) is 17.5 Å². The third-order valence-electron chi connectivity index (χ3n) is 3.25. The highest BCUT2D eigenvalue weighted by atomic mass is 32.1. The van der Waals surface area contributed by atoms with Gasteiger partial charge in [-0.1, -0.05) is 18.2 Å². The van der Waals surface area contributed by atoms with Gasteiger partial charge in [-0.3, -0.25) is 4.98 Å². The van der Waals surface area contributed by atoms with Crippen LogP contribution in [0.5, 0.6) is 0 Å². The predicted octanol–water partition coefficient (Wildman–Crippen LogP) is 3.68. The van der Waals surface area contributed by atoms with Crippen LogP contribution in [0.1, 0.15) is 10.6 Å². The summed E-state index contributed by atoms with van der Waals surface area (Å²) in [6.07, 6.45) is 4.53. The topological polar surface area (TPSA) is 37.8 Å². The molecule has 0 aliphatic carbocycles. The van der Waals surface area contributed by atoms with Crippen molar-refractivity contribution in [3.05, 3.63) is 71.2 Å². The number of aromatic nitrogens is 2. The van der Waals surface area contributed by atoms with Crippen LogP contribution < -0.4 is 5.32 Å². The van der Waals surface area contributed by atoms with Crippen molar-refractivity contribution >= 4 is 11.3 Å². The minimum absolute atomic E-state index is 0.193. The molecule has 3 nitrogen and oxygen atoms in total. The maximum atomic E-state index is 12.8. The highest BCUT2D eigenvalue weighted by molar-refractivity contribution is 7.15. The van der Waals surface area contributed by atoms with Gasteiger partial charge >= 0.3 is 0 Å². The highest BCUT2D eigenvalue weighted by Crippen LogP contribution is 2.23. The first-order valence-corrected chi connectivity index (χ1v) is 7.94. The van der Waals surface area contributed by atoms with Gasteiger partial charge in [-0.15, -0.1) is 11.3 Å². The Bertz CT molecular complexity index is 710. The average Bonchev–Trinajstić information content (AvgIpc) is 3.03. The summed E-state index contributed by atoms with van der Waals surface area (Å²) in [7, 11) is 0. The minimum Gasteiger partial charge on any atom is -0.310 e. The number of nitrogens with zero attached hydrogens (tertiary/aromatic N) is 2. The fourth-order valence-electron chi connectivity index (χ4n) is 2.10. The summed E-state index contributed by atoms with van der Waals surface area (Å²) < 4.78 is 12.8. The van der Waals surface area contributed by atoms with Gasteiger partial charge < -0.3 is 5.32 Å². The Morgan fingerprint density at radius 1 is 1.05 bits per heavy atom. The standard InChI is InChI=1S/C17H16FN3S/c18-14-6-4-13(5-7-14)8-10-19-12-17-21-11-16(22-17)15-3-1-2-9-20-15/h1-7,9,11,19H,8,10,12H2. The van der Waals surface area contributed by atoms with E-state index in [-0.39, 0.29) is 5.82 Å². The molecule has 0 unspecified atom stereocenters. The second-order valence-corrected chi connectivity index (χ2v) is 6.00. The van der Waals surface area contributed by atoms with Crippen molar-refractivity contribution in [3.63, 3.8) is 0 Å². The molecule has 22 heavy (non-hydrogen) atoms. The van der Waals surface area contributed by atoms with Crippen molar-refractivity contribution in [1.29, 1.82) is 0 Å². The lowest BCUT2D eigenvalue weighted by Crippen LogP contribution is -2.16. The van der Waals surface area contributed by atoms with E-state index in [0.717, 1.165) is 40.7 Å². The van der Waals surface area contributed by atoms with Gasteiger partial charge in [0, 0.05) is 18.9 Å². The largest absolute Gasteiger partial charge is 0.310 e. The third kappa shape index (κ3) is 3.96. The maximum Gasteiger partial charge on any atom is 0.123 e. The van der Waals surface area contributed by atoms with Crippen LogP contribution in [-0.2, 0) is 13.0 Å². The first kappa shape index (κ1) is 14.8. The smallest absolute Gasteiger partial charge is 0.123 e. The van der Waals surface area contributed by atoms with E-state index in [2.05, 4.69) is 15.3 Å². The number of pyridine rings is 1. The molecule has 0 amide bonds. The lowest BCUT2D eigenvalue weighted by Gasteiger charge is -2.03. The molecule has 2 aromatic heterocycles.